The Kier molecular flexibility index (Phi) is 3.71. The fraction of sp³-hybridized carbons (Fsp3) is 1.00. The van der Waals surface area contributed by atoms with E-state index in [9.17, 15) is 0 Å². The largest absolute Gasteiger partial charge is 0.327 e. The summed E-state index contributed by atoms with van der Waals surface area (Å²) in [6.45, 7) is 6.71. The Morgan fingerprint density at radius 2 is 2.08 bits per heavy atom. The lowest BCUT2D eigenvalue weighted by Crippen LogP contribution is -2.47. The first-order valence-electron chi connectivity index (χ1n) is 5.18. The van der Waals surface area contributed by atoms with Crippen LogP contribution in [0.3, 0.4) is 0 Å². The molecule has 3 unspecified atom stereocenters. The van der Waals surface area contributed by atoms with Crippen LogP contribution in [0.2, 0.25) is 0 Å². The lowest BCUT2D eigenvalue weighted by molar-refractivity contribution is 0.169. The zero-order valence-corrected chi connectivity index (χ0v) is 9.33. The van der Waals surface area contributed by atoms with Gasteiger partial charge in [0.05, 0.1) is 0 Å². The molecule has 0 bridgehead atoms. The second kappa shape index (κ2) is 4.40. The third-order valence-electron chi connectivity index (χ3n) is 3.35. The van der Waals surface area contributed by atoms with Crippen LogP contribution in [0, 0.1) is 0 Å². The highest BCUT2D eigenvalue weighted by atomic mass is 15.2. The maximum atomic E-state index is 5.88. The Hall–Kier alpha value is -0.120. The lowest BCUT2D eigenvalue weighted by atomic mass is 10.1. The lowest BCUT2D eigenvalue weighted by Gasteiger charge is -2.32. The SMILES string of the molecule is CC(N)C(C)N(C)C1CCN(C)C1. The van der Waals surface area contributed by atoms with E-state index in [0.717, 1.165) is 0 Å². The van der Waals surface area contributed by atoms with E-state index in [4.69, 9.17) is 5.73 Å². The van der Waals surface area contributed by atoms with Crippen molar-refractivity contribution >= 4 is 0 Å². The molecule has 3 atom stereocenters. The van der Waals surface area contributed by atoms with Gasteiger partial charge >= 0.3 is 0 Å². The molecule has 78 valence electrons. The maximum absolute atomic E-state index is 5.88. The molecule has 3 nitrogen and oxygen atoms in total. The number of hydrogen-bond donors (Lipinski definition) is 1. The number of nitrogens with two attached hydrogens (primary N) is 1. The third-order valence-corrected chi connectivity index (χ3v) is 3.35. The summed E-state index contributed by atoms with van der Waals surface area (Å²) in [5, 5.41) is 0. The van der Waals surface area contributed by atoms with Gasteiger partial charge in [-0.25, -0.2) is 0 Å². The molecule has 1 aliphatic rings. The molecule has 1 saturated heterocycles. The molecule has 1 aliphatic heterocycles. The van der Waals surface area contributed by atoms with Gasteiger partial charge < -0.3 is 10.6 Å². The molecule has 3 heteroatoms. The summed E-state index contributed by atoms with van der Waals surface area (Å²) < 4.78 is 0. The zero-order valence-electron chi connectivity index (χ0n) is 9.33. The van der Waals surface area contributed by atoms with Crippen molar-refractivity contribution in [1.29, 1.82) is 0 Å². The molecule has 0 aromatic heterocycles. The molecule has 0 amide bonds. The predicted molar refractivity (Wildman–Crippen MR) is 56.8 cm³/mol. The predicted octanol–water partition coefficient (Wildman–Crippen LogP) is 0.358. The Morgan fingerprint density at radius 3 is 2.46 bits per heavy atom. The third kappa shape index (κ3) is 2.66. The van der Waals surface area contributed by atoms with Gasteiger partial charge in [-0.05, 0) is 40.9 Å². The molecule has 13 heavy (non-hydrogen) atoms. The average molecular weight is 185 g/mol. The van der Waals surface area contributed by atoms with Gasteiger partial charge in [-0.15, -0.1) is 0 Å². The molecular weight excluding hydrogens is 162 g/mol. The van der Waals surface area contributed by atoms with Crippen LogP contribution in [0.1, 0.15) is 20.3 Å². The van der Waals surface area contributed by atoms with Crippen LogP contribution in [0.4, 0.5) is 0 Å². The summed E-state index contributed by atoms with van der Waals surface area (Å²) in [7, 11) is 4.38. The Balaban J connectivity index is 2.43. The van der Waals surface area contributed by atoms with Crippen LogP contribution in [0.25, 0.3) is 0 Å². The molecule has 0 radical (unpaired) electrons. The van der Waals surface area contributed by atoms with Crippen molar-refractivity contribution in [2.24, 2.45) is 5.73 Å². The van der Waals surface area contributed by atoms with Crippen LogP contribution in [-0.4, -0.2) is 55.1 Å². The zero-order chi connectivity index (χ0) is 10.0. The first-order chi connectivity index (χ1) is 6.02. The molecule has 1 fully saturated rings. The smallest absolute Gasteiger partial charge is 0.0235 e. The van der Waals surface area contributed by atoms with Crippen LogP contribution in [0.15, 0.2) is 0 Å². The fourth-order valence-electron chi connectivity index (χ4n) is 1.95. The second-order valence-electron chi connectivity index (χ2n) is 4.47. The van der Waals surface area contributed by atoms with Gasteiger partial charge in [0.25, 0.3) is 0 Å². The van der Waals surface area contributed by atoms with E-state index in [1.807, 2.05) is 0 Å². The standard InChI is InChI=1S/C10H23N3/c1-8(11)9(2)13(4)10-5-6-12(3)7-10/h8-10H,5-7,11H2,1-4H3. The van der Waals surface area contributed by atoms with Crippen molar-refractivity contribution in [3.05, 3.63) is 0 Å². The normalized spacial score (nSPS) is 29.5. The van der Waals surface area contributed by atoms with Crippen LogP contribution < -0.4 is 5.73 Å². The van der Waals surface area contributed by atoms with E-state index < -0.39 is 0 Å². The Bertz CT molecular complexity index is 158. The second-order valence-corrected chi connectivity index (χ2v) is 4.47. The van der Waals surface area contributed by atoms with Gasteiger partial charge in [0, 0.05) is 24.7 Å². The van der Waals surface area contributed by atoms with E-state index in [1.54, 1.807) is 0 Å². The minimum atomic E-state index is 0.260. The number of likely N-dealkylation sites (N-methyl/N-ethyl adjacent to an activating group) is 2. The van der Waals surface area contributed by atoms with Crippen molar-refractivity contribution in [1.82, 2.24) is 9.80 Å². The van der Waals surface area contributed by atoms with Gasteiger partial charge in [-0.2, -0.15) is 0 Å². The van der Waals surface area contributed by atoms with E-state index in [0.29, 0.717) is 12.1 Å². The minimum absolute atomic E-state index is 0.260. The summed E-state index contributed by atoms with van der Waals surface area (Å²) in [4.78, 5) is 4.81. The van der Waals surface area contributed by atoms with Gasteiger partial charge in [0.1, 0.15) is 0 Å². The summed E-state index contributed by atoms with van der Waals surface area (Å²) in [6.07, 6.45) is 1.28. The molecule has 0 saturated carbocycles. The van der Waals surface area contributed by atoms with Crippen LogP contribution in [-0.2, 0) is 0 Å². The van der Waals surface area contributed by atoms with E-state index in [-0.39, 0.29) is 6.04 Å². The first kappa shape index (κ1) is 11.0. The summed E-state index contributed by atoms with van der Waals surface area (Å²) in [6, 6.07) is 1.44. The molecule has 0 aromatic carbocycles. The minimum Gasteiger partial charge on any atom is -0.327 e. The van der Waals surface area contributed by atoms with Gasteiger partial charge in [-0.1, -0.05) is 0 Å². The molecule has 0 aliphatic carbocycles. The molecular formula is C10H23N3. The summed E-state index contributed by atoms with van der Waals surface area (Å²) in [5.74, 6) is 0. The van der Waals surface area contributed by atoms with Crippen molar-refractivity contribution < 1.29 is 0 Å². The van der Waals surface area contributed by atoms with Gasteiger partial charge in [0.2, 0.25) is 0 Å². The fourth-order valence-corrected chi connectivity index (χ4v) is 1.95. The topological polar surface area (TPSA) is 32.5 Å². The molecule has 2 N–H and O–H groups in total. The molecule has 1 heterocycles. The number of rotatable bonds is 3. The van der Waals surface area contributed by atoms with Gasteiger partial charge in [-0.3, -0.25) is 4.90 Å². The summed E-state index contributed by atoms with van der Waals surface area (Å²) >= 11 is 0. The van der Waals surface area contributed by atoms with Crippen molar-refractivity contribution in [2.75, 3.05) is 27.2 Å². The highest BCUT2D eigenvalue weighted by Crippen LogP contribution is 2.15. The summed E-state index contributed by atoms with van der Waals surface area (Å²) in [5.41, 5.74) is 5.88. The maximum Gasteiger partial charge on any atom is 0.0235 e. The Morgan fingerprint density at radius 1 is 1.46 bits per heavy atom. The number of nitrogens with zero attached hydrogens (tertiary/aromatic N) is 2. The van der Waals surface area contributed by atoms with Crippen molar-refractivity contribution in [2.45, 2.75) is 38.4 Å². The van der Waals surface area contributed by atoms with Crippen LogP contribution >= 0.6 is 0 Å². The van der Waals surface area contributed by atoms with E-state index >= 15 is 0 Å². The number of hydrogen-bond acceptors (Lipinski definition) is 3. The average Bonchev–Trinajstić information content (AvgIpc) is 2.49. The highest BCUT2D eigenvalue weighted by Gasteiger charge is 2.27. The van der Waals surface area contributed by atoms with Gasteiger partial charge in [0.15, 0.2) is 0 Å². The first-order valence-corrected chi connectivity index (χ1v) is 5.18. The van der Waals surface area contributed by atoms with Crippen molar-refractivity contribution in [3.63, 3.8) is 0 Å². The molecule has 0 aromatic rings. The van der Waals surface area contributed by atoms with Crippen LogP contribution in [0.5, 0.6) is 0 Å². The molecule has 0 spiro atoms. The Labute approximate surface area is 81.9 Å². The van der Waals surface area contributed by atoms with Crippen molar-refractivity contribution in [3.8, 4) is 0 Å². The quantitative estimate of drug-likeness (QED) is 0.689. The van der Waals surface area contributed by atoms with E-state index in [2.05, 4.69) is 37.7 Å². The molecule has 1 rings (SSSR count). The number of likely N-dealkylation sites (tertiary alicyclic amines) is 1. The highest BCUT2D eigenvalue weighted by molar-refractivity contribution is 4.85. The van der Waals surface area contributed by atoms with E-state index in [1.165, 1.54) is 19.5 Å². The monoisotopic (exact) mass is 185 g/mol.